The molecule has 0 bridgehead atoms. The second-order valence-corrected chi connectivity index (χ2v) is 7.18. The summed E-state index contributed by atoms with van der Waals surface area (Å²) < 4.78 is 10.8. The van der Waals surface area contributed by atoms with Crippen LogP contribution in [0.25, 0.3) is 21.6 Å². The highest BCUT2D eigenvalue weighted by atomic mass is 35.5. The predicted molar refractivity (Wildman–Crippen MR) is 119 cm³/mol. The van der Waals surface area contributed by atoms with Crippen LogP contribution < -0.4 is 9.47 Å². The summed E-state index contributed by atoms with van der Waals surface area (Å²) >= 11 is 13.0. The van der Waals surface area contributed by atoms with Crippen LogP contribution in [0.2, 0.25) is 5.02 Å². The fourth-order valence-corrected chi connectivity index (χ4v) is 3.61. The van der Waals surface area contributed by atoms with E-state index in [4.69, 9.17) is 37.7 Å². The first-order valence-electron chi connectivity index (χ1n) is 8.94. The third kappa shape index (κ3) is 3.82. The molecule has 4 rings (SSSR count). The Hall–Kier alpha value is -2.95. The van der Waals surface area contributed by atoms with E-state index in [0.717, 1.165) is 27.7 Å². The van der Waals surface area contributed by atoms with Gasteiger partial charge in [0.05, 0.1) is 30.3 Å². The summed E-state index contributed by atoms with van der Waals surface area (Å²) in [7, 11) is 3.20. The van der Waals surface area contributed by atoms with Gasteiger partial charge in [-0.1, -0.05) is 47.5 Å². The Labute approximate surface area is 178 Å². The van der Waals surface area contributed by atoms with E-state index in [1.807, 2.05) is 66.7 Å². The molecule has 0 saturated carbocycles. The number of nitrogens with one attached hydrogen (secondary N) is 1. The van der Waals surface area contributed by atoms with Crippen molar-refractivity contribution in [2.24, 2.45) is 0 Å². The molecule has 1 heterocycles. The molecule has 0 aliphatic carbocycles. The highest BCUT2D eigenvalue weighted by Gasteiger charge is 2.18. The number of rotatable bonds is 5. The molecule has 0 aliphatic heterocycles. The fourth-order valence-electron chi connectivity index (χ4n) is 3.17. The average Bonchev–Trinajstić information content (AvgIpc) is 3.18. The van der Waals surface area contributed by atoms with Gasteiger partial charge in [0.15, 0.2) is 11.5 Å². The van der Waals surface area contributed by atoms with Gasteiger partial charge >= 0.3 is 0 Å². The molecule has 0 unspecified atom stereocenters. The molecule has 146 valence electrons. The van der Waals surface area contributed by atoms with Gasteiger partial charge in [0, 0.05) is 10.6 Å². The zero-order valence-electron chi connectivity index (χ0n) is 15.9. The second kappa shape index (κ2) is 8.19. The van der Waals surface area contributed by atoms with E-state index in [-0.39, 0.29) is 0 Å². The lowest BCUT2D eigenvalue weighted by Crippen LogP contribution is -1.96. The van der Waals surface area contributed by atoms with Gasteiger partial charge in [0.1, 0.15) is 5.82 Å². The Morgan fingerprint density at radius 1 is 0.862 bits per heavy atom. The van der Waals surface area contributed by atoms with Crippen molar-refractivity contribution in [3.8, 4) is 11.5 Å². The number of aromatic amines is 1. The summed E-state index contributed by atoms with van der Waals surface area (Å²) in [5, 5.41) is 1.19. The van der Waals surface area contributed by atoms with Crippen LogP contribution in [0.3, 0.4) is 0 Å². The average molecular weight is 425 g/mol. The van der Waals surface area contributed by atoms with E-state index in [0.29, 0.717) is 27.4 Å². The fraction of sp³-hybridized carbons (Fsp3) is 0.0870. The lowest BCUT2D eigenvalue weighted by Gasteiger charge is -2.13. The quantitative estimate of drug-likeness (QED) is 0.377. The highest BCUT2D eigenvalue weighted by molar-refractivity contribution is 6.53. The lowest BCUT2D eigenvalue weighted by atomic mass is 10.0. The molecular formula is C23H18Cl2N2O2. The number of H-pyrrole nitrogens is 1. The number of imidazole rings is 1. The first-order valence-corrected chi connectivity index (χ1v) is 9.69. The summed E-state index contributed by atoms with van der Waals surface area (Å²) in [6.45, 7) is 0. The van der Waals surface area contributed by atoms with Crippen LogP contribution in [0.15, 0.2) is 66.7 Å². The number of aromatic nitrogens is 2. The molecule has 4 nitrogen and oxygen atoms in total. The van der Waals surface area contributed by atoms with Gasteiger partial charge in [-0.3, -0.25) is 0 Å². The van der Waals surface area contributed by atoms with Gasteiger partial charge in [-0.05, 0) is 53.6 Å². The van der Waals surface area contributed by atoms with Crippen LogP contribution in [0.4, 0.5) is 0 Å². The van der Waals surface area contributed by atoms with E-state index >= 15 is 0 Å². The molecule has 0 aliphatic rings. The van der Waals surface area contributed by atoms with Crippen LogP contribution in [0, 0.1) is 0 Å². The van der Waals surface area contributed by atoms with Crippen LogP contribution in [0.1, 0.15) is 17.0 Å². The summed E-state index contributed by atoms with van der Waals surface area (Å²) in [6.07, 6.45) is 0. The van der Waals surface area contributed by atoms with Gasteiger partial charge in [-0.2, -0.15) is 0 Å². The zero-order chi connectivity index (χ0) is 20.4. The van der Waals surface area contributed by atoms with Gasteiger partial charge < -0.3 is 14.5 Å². The number of para-hydroxylation sites is 2. The molecule has 1 N–H and O–H groups in total. The number of hydrogen-bond acceptors (Lipinski definition) is 3. The summed E-state index contributed by atoms with van der Waals surface area (Å²) in [5.41, 5.74) is 4.26. The minimum atomic E-state index is 0.535. The van der Waals surface area contributed by atoms with Crippen molar-refractivity contribution < 1.29 is 9.47 Å². The zero-order valence-corrected chi connectivity index (χ0v) is 17.4. The third-order valence-electron chi connectivity index (χ3n) is 4.62. The maximum absolute atomic E-state index is 6.92. The first-order chi connectivity index (χ1) is 14.1. The number of halogens is 2. The molecule has 0 radical (unpaired) electrons. The maximum atomic E-state index is 6.92. The number of ether oxygens (including phenoxy) is 2. The summed E-state index contributed by atoms with van der Waals surface area (Å²) in [6, 6.07) is 20.9. The largest absolute Gasteiger partial charge is 0.493 e. The Bertz CT molecular complexity index is 1160. The molecule has 4 aromatic rings. The molecule has 3 aromatic carbocycles. The van der Waals surface area contributed by atoms with Gasteiger partial charge in [0.2, 0.25) is 0 Å². The SMILES string of the molecule is COc1ccc(C(Cl)=C(c2ccc(Cl)cc2)c2nc3ccccc3[nH]2)cc1OC. The van der Waals surface area contributed by atoms with E-state index in [1.165, 1.54) is 0 Å². The topological polar surface area (TPSA) is 47.1 Å². The number of methoxy groups -OCH3 is 2. The Balaban J connectivity index is 1.95. The molecule has 0 amide bonds. The molecule has 6 heteroatoms. The number of benzene rings is 3. The Morgan fingerprint density at radius 3 is 2.24 bits per heavy atom. The standard InChI is InChI=1S/C23H18Cl2N2O2/c1-28-19-12-9-15(13-20(19)29-2)22(25)21(14-7-10-16(24)11-8-14)23-26-17-5-3-4-6-18(17)27-23/h3-13H,1-2H3,(H,26,27). The van der Waals surface area contributed by atoms with E-state index in [2.05, 4.69) is 4.98 Å². The van der Waals surface area contributed by atoms with E-state index in [9.17, 15) is 0 Å². The maximum Gasteiger partial charge on any atom is 0.161 e. The molecule has 0 spiro atoms. The van der Waals surface area contributed by atoms with Crippen LogP contribution in [0.5, 0.6) is 11.5 Å². The minimum absolute atomic E-state index is 0.535. The van der Waals surface area contributed by atoms with Gasteiger partial charge in [0.25, 0.3) is 0 Å². The highest BCUT2D eigenvalue weighted by Crippen LogP contribution is 2.38. The smallest absolute Gasteiger partial charge is 0.161 e. The minimum Gasteiger partial charge on any atom is -0.493 e. The van der Waals surface area contributed by atoms with Crippen molar-refractivity contribution in [1.82, 2.24) is 9.97 Å². The molecule has 0 fully saturated rings. The van der Waals surface area contributed by atoms with E-state index < -0.39 is 0 Å². The molecule has 0 saturated heterocycles. The molecular weight excluding hydrogens is 407 g/mol. The van der Waals surface area contributed by atoms with Crippen LogP contribution in [-0.2, 0) is 0 Å². The first kappa shape index (κ1) is 19.4. The monoisotopic (exact) mass is 424 g/mol. The van der Waals surface area contributed by atoms with Crippen molar-refractivity contribution in [1.29, 1.82) is 0 Å². The Morgan fingerprint density at radius 2 is 1.55 bits per heavy atom. The van der Waals surface area contributed by atoms with Crippen LogP contribution >= 0.6 is 23.2 Å². The van der Waals surface area contributed by atoms with Crippen molar-refractivity contribution in [2.45, 2.75) is 0 Å². The number of hydrogen-bond donors (Lipinski definition) is 1. The lowest BCUT2D eigenvalue weighted by molar-refractivity contribution is 0.355. The van der Waals surface area contributed by atoms with Crippen molar-refractivity contribution in [3.05, 3.63) is 88.7 Å². The summed E-state index contributed by atoms with van der Waals surface area (Å²) in [4.78, 5) is 8.12. The van der Waals surface area contributed by atoms with Crippen molar-refractivity contribution in [3.63, 3.8) is 0 Å². The van der Waals surface area contributed by atoms with Gasteiger partial charge in [-0.25, -0.2) is 4.98 Å². The van der Waals surface area contributed by atoms with Crippen LogP contribution in [-0.4, -0.2) is 24.2 Å². The normalized spacial score (nSPS) is 12.0. The molecule has 1 aromatic heterocycles. The number of fused-ring (bicyclic) bond motifs is 1. The van der Waals surface area contributed by atoms with Crippen molar-refractivity contribution in [2.75, 3.05) is 14.2 Å². The predicted octanol–water partition coefficient (Wildman–Crippen LogP) is 6.39. The second-order valence-electron chi connectivity index (χ2n) is 6.37. The Kier molecular flexibility index (Phi) is 5.47. The van der Waals surface area contributed by atoms with E-state index in [1.54, 1.807) is 14.2 Å². The number of nitrogens with zero attached hydrogens (tertiary/aromatic N) is 1. The molecule has 0 atom stereocenters. The van der Waals surface area contributed by atoms with Gasteiger partial charge in [-0.15, -0.1) is 0 Å². The summed E-state index contributed by atoms with van der Waals surface area (Å²) in [5.74, 6) is 1.91. The third-order valence-corrected chi connectivity index (χ3v) is 5.27. The van der Waals surface area contributed by atoms with Crippen molar-refractivity contribution >= 4 is 44.8 Å². The molecule has 29 heavy (non-hydrogen) atoms.